The van der Waals surface area contributed by atoms with Crippen molar-refractivity contribution < 1.29 is 9.90 Å². The molecule has 136 valence electrons. The summed E-state index contributed by atoms with van der Waals surface area (Å²) in [6.07, 6.45) is 3.53. The molecule has 3 heterocycles. The van der Waals surface area contributed by atoms with Crippen molar-refractivity contribution in [3.05, 3.63) is 53.2 Å². The smallest absolute Gasteiger partial charge is 0.307 e. The lowest BCUT2D eigenvalue weighted by Crippen LogP contribution is -2.00. The minimum atomic E-state index is -0.891. The number of carboxylic acid groups (broad SMARTS) is 1. The minimum absolute atomic E-state index is 0.0530. The molecule has 0 fully saturated rings. The van der Waals surface area contributed by atoms with Crippen molar-refractivity contribution in [1.82, 2.24) is 14.8 Å². The molecule has 3 rings (SSSR count). The summed E-state index contributed by atoms with van der Waals surface area (Å²) >= 11 is 1.39. The maximum Gasteiger partial charge on any atom is 0.307 e. The number of anilines is 1. The van der Waals surface area contributed by atoms with Crippen molar-refractivity contribution in [2.75, 3.05) is 5.73 Å². The number of nitrogen functional groups attached to an aromatic ring is 1. The van der Waals surface area contributed by atoms with Gasteiger partial charge in [0.25, 0.3) is 0 Å². The Labute approximate surface area is 160 Å². The summed E-state index contributed by atoms with van der Waals surface area (Å²) in [5, 5.41) is 24.7. The average molecular weight is 379 g/mol. The predicted octanol–water partition coefficient (Wildman–Crippen LogP) is 3.25. The highest BCUT2D eigenvalue weighted by molar-refractivity contribution is 7.13. The van der Waals surface area contributed by atoms with E-state index < -0.39 is 5.97 Å². The van der Waals surface area contributed by atoms with Gasteiger partial charge in [-0.05, 0) is 30.0 Å². The van der Waals surface area contributed by atoms with E-state index in [1.807, 2.05) is 13.1 Å². The maximum absolute atomic E-state index is 10.9. The SMILES string of the molecule is C=CCn1cc(-c2cc(-c3cc(CC(=O)O)cs3)nc(N)c2C#N)c(C)n1. The molecule has 0 saturated heterocycles. The van der Waals surface area contributed by atoms with Crippen molar-refractivity contribution in [3.8, 4) is 27.8 Å². The number of nitrogens with two attached hydrogens (primary N) is 1. The van der Waals surface area contributed by atoms with E-state index in [1.54, 1.807) is 28.3 Å². The molecular formula is C19H17N5O2S. The van der Waals surface area contributed by atoms with Gasteiger partial charge >= 0.3 is 5.97 Å². The maximum atomic E-state index is 10.9. The number of allylic oxidation sites excluding steroid dienone is 1. The van der Waals surface area contributed by atoms with Crippen LogP contribution in [0.15, 0.2) is 36.4 Å². The zero-order valence-electron chi connectivity index (χ0n) is 14.6. The van der Waals surface area contributed by atoms with Crippen LogP contribution in [0, 0.1) is 18.3 Å². The predicted molar refractivity (Wildman–Crippen MR) is 104 cm³/mol. The molecule has 7 nitrogen and oxygen atoms in total. The van der Waals surface area contributed by atoms with E-state index in [1.165, 1.54) is 11.3 Å². The number of carboxylic acids is 1. The summed E-state index contributed by atoms with van der Waals surface area (Å²) < 4.78 is 1.74. The molecule has 0 radical (unpaired) electrons. The Morgan fingerprint density at radius 3 is 2.93 bits per heavy atom. The molecule has 3 aromatic rings. The second-order valence-electron chi connectivity index (χ2n) is 5.96. The fourth-order valence-electron chi connectivity index (χ4n) is 2.81. The molecule has 0 bridgehead atoms. The lowest BCUT2D eigenvalue weighted by atomic mass is 10.0. The number of aliphatic carboxylic acids is 1. The first-order valence-electron chi connectivity index (χ1n) is 8.08. The number of pyridine rings is 1. The summed E-state index contributed by atoms with van der Waals surface area (Å²) in [7, 11) is 0. The number of rotatable bonds is 6. The molecule has 3 aromatic heterocycles. The molecular weight excluding hydrogens is 362 g/mol. The third-order valence-corrected chi connectivity index (χ3v) is 4.98. The van der Waals surface area contributed by atoms with Gasteiger partial charge < -0.3 is 10.8 Å². The number of thiophene rings is 1. The zero-order chi connectivity index (χ0) is 19.6. The van der Waals surface area contributed by atoms with E-state index in [0.717, 1.165) is 16.1 Å². The van der Waals surface area contributed by atoms with E-state index in [-0.39, 0.29) is 12.2 Å². The Kier molecular flexibility index (Phi) is 5.05. The number of nitriles is 1. The first-order chi connectivity index (χ1) is 12.9. The zero-order valence-corrected chi connectivity index (χ0v) is 15.5. The Bertz CT molecular complexity index is 1070. The van der Waals surface area contributed by atoms with Crippen molar-refractivity contribution in [3.63, 3.8) is 0 Å². The van der Waals surface area contributed by atoms with Crippen LogP contribution in [0.1, 0.15) is 16.8 Å². The van der Waals surface area contributed by atoms with E-state index >= 15 is 0 Å². The highest BCUT2D eigenvalue weighted by Crippen LogP contribution is 2.34. The third kappa shape index (κ3) is 3.73. The van der Waals surface area contributed by atoms with Crippen molar-refractivity contribution in [1.29, 1.82) is 5.26 Å². The summed E-state index contributed by atoms with van der Waals surface area (Å²) in [6.45, 7) is 6.13. The van der Waals surface area contributed by atoms with Crippen LogP contribution in [0.2, 0.25) is 0 Å². The van der Waals surface area contributed by atoms with Gasteiger partial charge in [-0.3, -0.25) is 9.48 Å². The van der Waals surface area contributed by atoms with Gasteiger partial charge in [-0.15, -0.1) is 17.9 Å². The minimum Gasteiger partial charge on any atom is -0.481 e. The Morgan fingerprint density at radius 1 is 1.48 bits per heavy atom. The van der Waals surface area contributed by atoms with Gasteiger partial charge in [0.15, 0.2) is 0 Å². The fourth-order valence-corrected chi connectivity index (χ4v) is 3.68. The largest absolute Gasteiger partial charge is 0.481 e. The van der Waals surface area contributed by atoms with Gasteiger partial charge in [-0.2, -0.15) is 10.4 Å². The van der Waals surface area contributed by atoms with Gasteiger partial charge in [0.2, 0.25) is 0 Å². The summed E-state index contributed by atoms with van der Waals surface area (Å²) in [5.41, 5.74) is 9.85. The number of hydrogen-bond acceptors (Lipinski definition) is 6. The van der Waals surface area contributed by atoms with Crippen LogP contribution in [-0.2, 0) is 17.8 Å². The molecule has 0 amide bonds. The average Bonchev–Trinajstić information content (AvgIpc) is 3.20. The molecule has 0 aliphatic rings. The van der Waals surface area contributed by atoms with Crippen molar-refractivity contribution >= 4 is 23.1 Å². The van der Waals surface area contributed by atoms with Gasteiger partial charge in [0.05, 0.1) is 29.2 Å². The summed E-state index contributed by atoms with van der Waals surface area (Å²) in [5.74, 6) is -0.758. The standard InChI is InChI=1S/C19H17N5O2S/c1-3-4-24-9-15(11(2)23-24)13-7-16(22-19(21)14(13)8-20)17-5-12(10-27-17)6-18(25)26/h3,5,7,9-10H,1,4,6H2,2H3,(H2,21,22)(H,25,26). The van der Waals surface area contributed by atoms with E-state index in [0.29, 0.717) is 28.9 Å². The third-order valence-electron chi connectivity index (χ3n) is 3.97. The van der Waals surface area contributed by atoms with Crippen LogP contribution in [-0.4, -0.2) is 25.8 Å². The molecule has 0 saturated carbocycles. The normalized spacial score (nSPS) is 10.5. The topological polar surface area (TPSA) is 118 Å². The van der Waals surface area contributed by atoms with E-state index in [4.69, 9.17) is 10.8 Å². The number of carbonyl (C=O) groups is 1. The van der Waals surface area contributed by atoms with Crippen LogP contribution in [0.25, 0.3) is 21.7 Å². The molecule has 27 heavy (non-hydrogen) atoms. The molecule has 0 aliphatic carbocycles. The quantitative estimate of drug-likeness (QED) is 0.635. The summed E-state index contributed by atoms with van der Waals surface area (Å²) in [4.78, 5) is 16.0. The molecule has 0 spiro atoms. The van der Waals surface area contributed by atoms with Crippen molar-refractivity contribution in [2.24, 2.45) is 0 Å². The second kappa shape index (κ2) is 7.43. The lowest BCUT2D eigenvalue weighted by Gasteiger charge is -2.08. The Balaban J connectivity index is 2.12. The van der Waals surface area contributed by atoms with Gasteiger partial charge in [0, 0.05) is 17.3 Å². The van der Waals surface area contributed by atoms with Crippen LogP contribution in [0.5, 0.6) is 0 Å². The fraction of sp³-hybridized carbons (Fsp3) is 0.158. The first kappa shape index (κ1) is 18.4. The van der Waals surface area contributed by atoms with Gasteiger partial charge in [-0.25, -0.2) is 4.98 Å². The van der Waals surface area contributed by atoms with E-state index in [2.05, 4.69) is 22.7 Å². The van der Waals surface area contributed by atoms with E-state index in [9.17, 15) is 10.1 Å². The lowest BCUT2D eigenvalue weighted by molar-refractivity contribution is -0.136. The number of nitrogens with zero attached hydrogens (tertiary/aromatic N) is 4. The Morgan fingerprint density at radius 2 is 2.26 bits per heavy atom. The molecule has 0 unspecified atom stereocenters. The van der Waals surface area contributed by atoms with Crippen LogP contribution >= 0.6 is 11.3 Å². The highest BCUT2D eigenvalue weighted by atomic mass is 32.1. The summed E-state index contributed by atoms with van der Waals surface area (Å²) in [6, 6.07) is 5.70. The number of hydrogen-bond donors (Lipinski definition) is 2. The number of aryl methyl sites for hydroxylation is 1. The Hall–Kier alpha value is -3.44. The van der Waals surface area contributed by atoms with Crippen LogP contribution in [0.3, 0.4) is 0 Å². The molecule has 3 N–H and O–H groups in total. The van der Waals surface area contributed by atoms with Gasteiger partial charge in [-0.1, -0.05) is 6.08 Å². The molecule has 0 aromatic carbocycles. The monoisotopic (exact) mass is 379 g/mol. The molecule has 0 atom stereocenters. The first-order valence-corrected chi connectivity index (χ1v) is 8.96. The molecule has 0 aliphatic heterocycles. The number of aromatic nitrogens is 3. The highest BCUT2D eigenvalue weighted by Gasteiger charge is 2.18. The molecule has 8 heteroatoms. The van der Waals surface area contributed by atoms with Gasteiger partial charge in [0.1, 0.15) is 17.5 Å². The second-order valence-corrected chi connectivity index (χ2v) is 6.87. The van der Waals surface area contributed by atoms with Crippen LogP contribution in [0.4, 0.5) is 5.82 Å². The van der Waals surface area contributed by atoms with Crippen LogP contribution < -0.4 is 5.73 Å². The van der Waals surface area contributed by atoms with Crippen molar-refractivity contribution in [2.45, 2.75) is 19.9 Å².